The summed E-state index contributed by atoms with van der Waals surface area (Å²) in [5.74, 6) is -2.08. The first-order valence-electron chi connectivity index (χ1n) is 12.3. The number of benzene rings is 3. The predicted molar refractivity (Wildman–Crippen MR) is 137 cm³/mol. The summed E-state index contributed by atoms with van der Waals surface area (Å²) in [7, 11) is 0. The van der Waals surface area contributed by atoms with Crippen LogP contribution in [0, 0.1) is 23.7 Å². The maximum atomic E-state index is 13.8. The summed E-state index contributed by atoms with van der Waals surface area (Å²) < 4.78 is 5.10. The van der Waals surface area contributed by atoms with Crippen molar-refractivity contribution < 1.29 is 19.1 Å². The second-order valence-corrected chi connectivity index (χ2v) is 9.33. The number of allylic oxidation sites excluding steroid dienone is 3. The third-order valence-electron chi connectivity index (χ3n) is 7.44. The average Bonchev–Trinajstić information content (AvgIpc) is 3.54. The number of nitrogens with zero attached hydrogens (tertiary/aromatic N) is 1. The summed E-state index contributed by atoms with van der Waals surface area (Å²) >= 11 is 0. The van der Waals surface area contributed by atoms with Crippen molar-refractivity contribution in [1.82, 2.24) is 0 Å². The maximum Gasteiger partial charge on any atom is 0.338 e. The van der Waals surface area contributed by atoms with Crippen molar-refractivity contribution in [2.45, 2.75) is 6.92 Å². The van der Waals surface area contributed by atoms with Crippen LogP contribution in [0.1, 0.15) is 28.4 Å². The Balaban J connectivity index is 1.42. The smallest absolute Gasteiger partial charge is 0.338 e. The number of esters is 1. The van der Waals surface area contributed by atoms with Gasteiger partial charge in [0.15, 0.2) is 0 Å². The zero-order chi connectivity index (χ0) is 24.8. The lowest BCUT2D eigenvalue weighted by molar-refractivity contribution is -0.122. The Kier molecular flexibility index (Phi) is 5.41. The number of carbonyl (C=O) groups excluding carboxylic acids is 3. The molecule has 0 aromatic heterocycles. The molecule has 2 bridgehead atoms. The maximum absolute atomic E-state index is 13.8. The molecule has 0 spiro atoms. The van der Waals surface area contributed by atoms with Crippen LogP contribution in [0.5, 0.6) is 0 Å². The summed E-state index contributed by atoms with van der Waals surface area (Å²) in [5, 5.41) is 0. The van der Waals surface area contributed by atoms with Crippen molar-refractivity contribution in [3.05, 3.63) is 119 Å². The van der Waals surface area contributed by atoms with Crippen molar-refractivity contribution in [3.63, 3.8) is 0 Å². The predicted octanol–water partition coefficient (Wildman–Crippen LogP) is 5.29. The fraction of sp³-hybridized carbons (Fsp3) is 0.194. The largest absolute Gasteiger partial charge is 0.462 e. The van der Waals surface area contributed by atoms with Crippen molar-refractivity contribution in [3.8, 4) is 0 Å². The molecule has 2 amide bonds. The molecule has 2 aliphatic carbocycles. The van der Waals surface area contributed by atoms with Crippen molar-refractivity contribution in [2.24, 2.45) is 23.7 Å². The molecule has 6 rings (SSSR count). The molecule has 2 fully saturated rings. The molecule has 1 heterocycles. The molecule has 178 valence electrons. The number of rotatable bonds is 5. The Labute approximate surface area is 209 Å². The van der Waals surface area contributed by atoms with Gasteiger partial charge < -0.3 is 4.74 Å². The number of ether oxygens (including phenoxy) is 1. The fourth-order valence-corrected chi connectivity index (χ4v) is 6.05. The third-order valence-corrected chi connectivity index (χ3v) is 7.44. The van der Waals surface area contributed by atoms with E-state index in [0.29, 0.717) is 11.3 Å². The number of fused-ring (bicyclic) bond motifs is 5. The van der Waals surface area contributed by atoms with Gasteiger partial charge in [0.25, 0.3) is 0 Å². The molecule has 5 heteroatoms. The SMILES string of the molecule is CCOC(=O)c1cccc(N2C(=O)C3C4C=CC(C4=C(c4ccccc4)c4ccccc4)C3C2=O)c1. The normalized spacial score (nSPS) is 23.8. The Bertz CT molecular complexity index is 1350. The first-order valence-corrected chi connectivity index (χ1v) is 12.3. The molecule has 3 aromatic carbocycles. The van der Waals surface area contributed by atoms with Crippen molar-refractivity contribution in [2.75, 3.05) is 11.5 Å². The highest BCUT2D eigenvalue weighted by Crippen LogP contribution is 2.58. The van der Waals surface area contributed by atoms with Crippen LogP contribution in [0.15, 0.2) is 103 Å². The van der Waals surface area contributed by atoms with Crippen LogP contribution in [-0.2, 0) is 14.3 Å². The minimum absolute atomic E-state index is 0.148. The van der Waals surface area contributed by atoms with Crippen LogP contribution in [-0.4, -0.2) is 24.4 Å². The first kappa shape index (κ1) is 22.2. The van der Waals surface area contributed by atoms with Crippen LogP contribution in [0.3, 0.4) is 0 Å². The molecular formula is C31H25NO4. The summed E-state index contributed by atoms with van der Waals surface area (Å²) in [4.78, 5) is 41.1. The molecule has 4 atom stereocenters. The van der Waals surface area contributed by atoms with Gasteiger partial charge in [0, 0.05) is 11.8 Å². The molecule has 3 aromatic rings. The van der Waals surface area contributed by atoms with Gasteiger partial charge in [-0.3, -0.25) is 9.59 Å². The highest BCUT2D eigenvalue weighted by molar-refractivity contribution is 6.23. The van der Waals surface area contributed by atoms with Gasteiger partial charge in [0.1, 0.15) is 0 Å². The number of amides is 2. The molecule has 1 aliphatic heterocycles. The van der Waals surface area contributed by atoms with Gasteiger partial charge in [-0.15, -0.1) is 0 Å². The van der Waals surface area contributed by atoms with E-state index in [0.717, 1.165) is 22.3 Å². The van der Waals surface area contributed by atoms with Crippen LogP contribution in [0.2, 0.25) is 0 Å². The lowest BCUT2D eigenvalue weighted by Crippen LogP contribution is -2.33. The number of anilines is 1. The highest BCUT2D eigenvalue weighted by atomic mass is 16.5. The first-order chi connectivity index (χ1) is 17.6. The monoisotopic (exact) mass is 475 g/mol. The molecule has 36 heavy (non-hydrogen) atoms. The van der Waals surface area contributed by atoms with Gasteiger partial charge in [-0.2, -0.15) is 0 Å². The Morgan fingerprint density at radius 3 is 1.81 bits per heavy atom. The van der Waals surface area contributed by atoms with E-state index in [1.165, 1.54) is 4.90 Å². The van der Waals surface area contributed by atoms with Crippen molar-refractivity contribution >= 4 is 29.0 Å². The summed E-state index contributed by atoms with van der Waals surface area (Å²) in [6.07, 6.45) is 4.19. The Morgan fingerprint density at radius 2 is 1.28 bits per heavy atom. The van der Waals surface area contributed by atoms with Crippen LogP contribution < -0.4 is 4.90 Å². The number of hydrogen-bond acceptors (Lipinski definition) is 4. The van der Waals surface area contributed by atoms with E-state index in [9.17, 15) is 14.4 Å². The number of hydrogen-bond donors (Lipinski definition) is 0. The fourth-order valence-electron chi connectivity index (χ4n) is 6.05. The van der Waals surface area contributed by atoms with Gasteiger partial charge in [0.2, 0.25) is 11.8 Å². The summed E-state index contributed by atoms with van der Waals surface area (Å²) in [6.45, 7) is 1.99. The molecule has 1 saturated carbocycles. The van der Waals surface area contributed by atoms with Crippen LogP contribution in [0.4, 0.5) is 5.69 Å². The average molecular weight is 476 g/mol. The minimum Gasteiger partial charge on any atom is -0.462 e. The molecule has 5 nitrogen and oxygen atoms in total. The van der Waals surface area contributed by atoms with Gasteiger partial charge in [-0.25, -0.2) is 9.69 Å². The van der Waals surface area contributed by atoms with E-state index in [-0.39, 0.29) is 30.3 Å². The van der Waals surface area contributed by atoms with Gasteiger partial charge >= 0.3 is 5.97 Å². The zero-order valence-corrected chi connectivity index (χ0v) is 19.8. The van der Waals surface area contributed by atoms with Gasteiger partial charge in [-0.05, 0) is 47.4 Å². The van der Waals surface area contributed by atoms with E-state index in [1.54, 1.807) is 31.2 Å². The van der Waals surface area contributed by atoms with Crippen LogP contribution in [0.25, 0.3) is 5.57 Å². The van der Waals surface area contributed by atoms with E-state index in [1.807, 2.05) is 36.4 Å². The zero-order valence-electron chi connectivity index (χ0n) is 19.8. The van der Waals surface area contributed by atoms with E-state index in [2.05, 4.69) is 36.4 Å². The van der Waals surface area contributed by atoms with E-state index < -0.39 is 17.8 Å². The second kappa shape index (κ2) is 8.76. The molecule has 1 saturated heterocycles. The molecular weight excluding hydrogens is 450 g/mol. The quantitative estimate of drug-likeness (QED) is 0.286. The molecule has 4 unspecified atom stereocenters. The molecule has 0 radical (unpaired) electrons. The third kappa shape index (κ3) is 3.34. The number of carbonyl (C=O) groups is 3. The Morgan fingerprint density at radius 1 is 0.750 bits per heavy atom. The topological polar surface area (TPSA) is 63.7 Å². The van der Waals surface area contributed by atoms with Gasteiger partial charge in [0.05, 0.1) is 29.7 Å². The molecule has 3 aliphatic rings. The highest BCUT2D eigenvalue weighted by Gasteiger charge is 2.62. The van der Waals surface area contributed by atoms with E-state index >= 15 is 0 Å². The second-order valence-electron chi connectivity index (χ2n) is 9.33. The summed E-state index contributed by atoms with van der Waals surface area (Å²) in [5.41, 5.74) is 5.14. The van der Waals surface area contributed by atoms with Gasteiger partial charge in [-0.1, -0.05) is 78.9 Å². The summed E-state index contributed by atoms with van der Waals surface area (Å²) in [6, 6.07) is 26.9. The standard InChI is InChI=1S/C31H25NO4/c1-2-36-31(35)21-14-9-15-22(18-21)32-29(33)27-23-16-17-24(28(27)30(32)34)26(23)25(19-10-5-3-6-11-19)20-12-7-4-8-13-20/h3-18,23-24,27-28H,2H2,1H3. The lowest BCUT2D eigenvalue weighted by Gasteiger charge is -2.22. The Hall–Kier alpha value is -4.25. The number of imide groups is 1. The lowest BCUT2D eigenvalue weighted by atomic mass is 9.85. The molecule has 0 N–H and O–H groups in total. The van der Waals surface area contributed by atoms with Crippen molar-refractivity contribution in [1.29, 1.82) is 0 Å². The van der Waals surface area contributed by atoms with E-state index in [4.69, 9.17) is 4.74 Å². The van der Waals surface area contributed by atoms with Crippen LogP contribution >= 0.6 is 0 Å². The minimum atomic E-state index is -0.471.